The smallest absolute Gasteiger partial charge is 0.224 e. The molecule has 0 aromatic carbocycles. The summed E-state index contributed by atoms with van der Waals surface area (Å²) in [6, 6.07) is 0. The molecule has 1 spiro atoms. The van der Waals surface area contributed by atoms with Gasteiger partial charge in [0, 0.05) is 44.3 Å². The predicted molar refractivity (Wildman–Crippen MR) is 75.5 cm³/mol. The molecule has 0 N–H and O–H groups in total. The molecule has 20 heavy (non-hydrogen) atoms. The maximum absolute atomic E-state index is 12.3. The van der Waals surface area contributed by atoms with Crippen molar-refractivity contribution in [3.05, 3.63) is 17.4 Å². The molecule has 110 valence electrons. The second kappa shape index (κ2) is 5.74. The maximum Gasteiger partial charge on any atom is 0.224 e. The molecular formula is C14H20ClN3O2. The van der Waals surface area contributed by atoms with Crippen molar-refractivity contribution in [2.45, 2.75) is 32.2 Å². The van der Waals surface area contributed by atoms with Crippen LogP contribution >= 0.6 is 11.6 Å². The molecule has 2 fully saturated rings. The van der Waals surface area contributed by atoms with Crippen molar-refractivity contribution in [2.24, 2.45) is 5.41 Å². The molecule has 3 heterocycles. The number of ether oxygens (including phenoxy) is 1. The summed E-state index contributed by atoms with van der Waals surface area (Å²) < 4.78 is 7.25. The fourth-order valence-electron chi connectivity index (χ4n) is 3.22. The molecular weight excluding hydrogens is 278 g/mol. The van der Waals surface area contributed by atoms with Gasteiger partial charge in [0.2, 0.25) is 5.91 Å². The Balaban J connectivity index is 1.54. The van der Waals surface area contributed by atoms with Crippen LogP contribution in [0.2, 0.25) is 5.02 Å². The zero-order chi connectivity index (χ0) is 14.0. The first kappa shape index (κ1) is 13.9. The number of rotatable bonds is 3. The van der Waals surface area contributed by atoms with Gasteiger partial charge in [-0.05, 0) is 19.3 Å². The van der Waals surface area contributed by atoms with E-state index in [2.05, 4.69) is 5.10 Å². The number of aromatic nitrogens is 2. The summed E-state index contributed by atoms with van der Waals surface area (Å²) in [5.41, 5.74) is 0.225. The van der Waals surface area contributed by atoms with Crippen LogP contribution in [0.15, 0.2) is 12.4 Å². The van der Waals surface area contributed by atoms with Gasteiger partial charge >= 0.3 is 0 Å². The van der Waals surface area contributed by atoms with Crippen molar-refractivity contribution in [1.29, 1.82) is 0 Å². The Morgan fingerprint density at radius 3 is 3.10 bits per heavy atom. The fourth-order valence-corrected chi connectivity index (χ4v) is 3.38. The predicted octanol–water partition coefficient (Wildman–Crippen LogP) is 1.96. The normalized spacial score (nSPS) is 26.4. The Kier molecular flexibility index (Phi) is 3.98. The van der Waals surface area contributed by atoms with Gasteiger partial charge in [-0.1, -0.05) is 11.6 Å². The van der Waals surface area contributed by atoms with Crippen LogP contribution in [0.25, 0.3) is 0 Å². The first-order chi connectivity index (χ1) is 9.67. The minimum absolute atomic E-state index is 0.211. The van der Waals surface area contributed by atoms with Gasteiger partial charge in [-0.3, -0.25) is 9.48 Å². The lowest BCUT2D eigenvalue weighted by Crippen LogP contribution is -2.46. The molecule has 0 aliphatic carbocycles. The molecule has 6 heteroatoms. The average Bonchev–Trinajstić information content (AvgIpc) is 3.06. The lowest BCUT2D eigenvalue weighted by Gasteiger charge is -2.39. The Morgan fingerprint density at radius 1 is 1.50 bits per heavy atom. The molecule has 2 aliphatic heterocycles. The number of piperidine rings is 1. The molecule has 1 atom stereocenters. The minimum Gasteiger partial charge on any atom is -0.381 e. The first-order valence-electron chi connectivity index (χ1n) is 7.20. The summed E-state index contributed by atoms with van der Waals surface area (Å²) in [4.78, 5) is 14.3. The highest BCUT2D eigenvalue weighted by atomic mass is 35.5. The van der Waals surface area contributed by atoms with Gasteiger partial charge in [-0.2, -0.15) is 5.10 Å². The van der Waals surface area contributed by atoms with Gasteiger partial charge in [0.1, 0.15) is 0 Å². The quantitative estimate of drug-likeness (QED) is 0.857. The van der Waals surface area contributed by atoms with Crippen LogP contribution in [0.4, 0.5) is 0 Å². The summed E-state index contributed by atoms with van der Waals surface area (Å²) in [5.74, 6) is 0.211. The molecule has 0 bridgehead atoms. The van der Waals surface area contributed by atoms with Gasteiger partial charge in [0.25, 0.3) is 0 Å². The number of halogens is 1. The van der Waals surface area contributed by atoms with Crippen LogP contribution in [0, 0.1) is 5.41 Å². The van der Waals surface area contributed by atoms with Gasteiger partial charge in [0.05, 0.1) is 17.8 Å². The summed E-state index contributed by atoms with van der Waals surface area (Å²) in [5, 5.41) is 4.71. The van der Waals surface area contributed by atoms with Crippen LogP contribution in [0.5, 0.6) is 0 Å². The van der Waals surface area contributed by atoms with E-state index >= 15 is 0 Å². The first-order valence-corrected chi connectivity index (χ1v) is 7.58. The van der Waals surface area contributed by atoms with Crippen LogP contribution in [0.1, 0.15) is 25.7 Å². The number of hydrogen-bond donors (Lipinski definition) is 0. The lowest BCUT2D eigenvalue weighted by molar-refractivity contribution is -0.135. The molecule has 1 aromatic heterocycles. The van der Waals surface area contributed by atoms with Crippen LogP contribution in [-0.4, -0.2) is 46.9 Å². The van der Waals surface area contributed by atoms with E-state index < -0.39 is 0 Å². The number of amides is 1. The van der Waals surface area contributed by atoms with Crippen LogP contribution < -0.4 is 0 Å². The van der Waals surface area contributed by atoms with Crippen molar-refractivity contribution < 1.29 is 9.53 Å². The average molecular weight is 298 g/mol. The monoisotopic (exact) mass is 297 g/mol. The van der Waals surface area contributed by atoms with Crippen molar-refractivity contribution in [2.75, 3.05) is 26.3 Å². The zero-order valence-corrected chi connectivity index (χ0v) is 12.3. The second-order valence-corrected chi connectivity index (χ2v) is 6.33. The van der Waals surface area contributed by atoms with Gasteiger partial charge in [-0.15, -0.1) is 0 Å². The van der Waals surface area contributed by atoms with Crippen molar-refractivity contribution in [3.63, 3.8) is 0 Å². The molecule has 1 amide bonds. The molecule has 0 saturated carbocycles. The van der Waals surface area contributed by atoms with Crippen LogP contribution in [0.3, 0.4) is 0 Å². The number of aryl methyl sites for hydroxylation is 1. The van der Waals surface area contributed by atoms with Gasteiger partial charge < -0.3 is 9.64 Å². The summed E-state index contributed by atoms with van der Waals surface area (Å²) >= 11 is 5.81. The third-order valence-electron chi connectivity index (χ3n) is 4.36. The molecule has 0 unspecified atom stereocenters. The third kappa shape index (κ3) is 2.99. The number of likely N-dealkylation sites (tertiary alicyclic amines) is 1. The highest BCUT2D eigenvalue weighted by Gasteiger charge is 2.39. The van der Waals surface area contributed by atoms with E-state index in [-0.39, 0.29) is 11.3 Å². The molecule has 5 nitrogen and oxygen atoms in total. The number of carbonyl (C=O) groups excluding carboxylic acids is 1. The second-order valence-electron chi connectivity index (χ2n) is 5.89. The Morgan fingerprint density at radius 2 is 2.40 bits per heavy atom. The topological polar surface area (TPSA) is 47.4 Å². The molecule has 0 radical (unpaired) electrons. The Bertz CT molecular complexity index is 483. The molecule has 3 rings (SSSR count). The Labute approximate surface area is 123 Å². The molecule has 1 aromatic rings. The van der Waals surface area contributed by atoms with Crippen molar-refractivity contribution >= 4 is 17.5 Å². The maximum atomic E-state index is 12.3. The van der Waals surface area contributed by atoms with Crippen LogP contribution in [-0.2, 0) is 16.1 Å². The number of nitrogens with zero attached hydrogens (tertiary/aromatic N) is 3. The summed E-state index contributed by atoms with van der Waals surface area (Å²) in [6.45, 7) is 3.97. The number of hydrogen-bond acceptors (Lipinski definition) is 3. The number of carbonyl (C=O) groups is 1. The summed E-state index contributed by atoms with van der Waals surface area (Å²) in [6.07, 6.45) is 7.18. The zero-order valence-electron chi connectivity index (χ0n) is 11.6. The summed E-state index contributed by atoms with van der Waals surface area (Å²) in [7, 11) is 0. The lowest BCUT2D eigenvalue weighted by atomic mass is 9.79. The van der Waals surface area contributed by atoms with E-state index in [0.717, 1.165) is 39.1 Å². The highest BCUT2D eigenvalue weighted by Crippen LogP contribution is 2.37. The van der Waals surface area contributed by atoms with Crippen molar-refractivity contribution in [3.8, 4) is 0 Å². The Hall–Kier alpha value is -1.07. The van der Waals surface area contributed by atoms with E-state index in [9.17, 15) is 4.79 Å². The minimum atomic E-state index is 0.211. The third-order valence-corrected chi connectivity index (χ3v) is 4.55. The standard InChI is InChI=1S/C14H20ClN3O2/c15-12-8-16-18(9-12)6-2-13(19)17-5-1-3-14(10-17)4-7-20-11-14/h8-9H,1-7,10-11H2/t14-/m1/s1. The van der Waals surface area contributed by atoms with Gasteiger partial charge in [0.15, 0.2) is 0 Å². The van der Waals surface area contributed by atoms with Crippen molar-refractivity contribution in [1.82, 2.24) is 14.7 Å². The van der Waals surface area contributed by atoms with E-state index in [4.69, 9.17) is 16.3 Å². The molecule has 2 saturated heterocycles. The van der Waals surface area contributed by atoms with Gasteiger partial charge in [-0.25, -0.2) is 0 Å². The highest BCUT2D eigenvalue weighted by molar-refractivity contribution is 6.30. The molecule has 2 aliphatic rings. The SMILES string of the molecule is O=C(CCn1cc(Cl)cn1)N1CCC[C@@]2(CCOC2)C1. The largest absolute Gasteiger partial charge is 0.381 e. The fraction of sp³-hybridized carbons (Fsp3) is 0.714. The van der Waals surface area contributed by atoms with E-state index in [1.165, 1.54) is 6.42 Å². The van der Waals surface area contributed by atoms with E-state index in [1.54, 1.807) is 17.1 Å². The van der Waals surface area contributed by atoms with E-state index in [0.29, 0.717) is 18.0 Å². The van der Waals surface area contributed by atoms with E-state index in [1.807, 2.05) is 4.90 Å².